The Kier molecular flexibility index (Phi) is 3.45. The van der Waals surface area contributed by atoms with E-state index in [1.807, 2.05) is 0 Å². The number of rotatable bonds is 4. The molecule has 2 rings (SSSR count). The highest BCUT2D eigenvalue weighted by Gasteiger charge is 2.14. The van der Waals surface area contributed by atoms with Crippen molar-refractivity contribution in [2.75, 3.05) is 0 Å². The molecular formula is C15H20O. The van der Waals surface area contributed by atoms with Gasteiger partial charge in [0.05, 0.1) is 6.10 Å². The standard InChI is InChI=1S/C15H20O/c1-3-11(2)9-15(16)14-8-7-12-5-4-6-13(12)10-14/h7-8,10,15-16H,2-6,9H2,1H3. The van der Waals surface area contributed by atoms with E-state index in [-0.39, 0.29) is 6.10 Å². The topological polar surface area (TPSA) is 20.2 Å². The van der Waals surface area contributed by atoms with Gasteiger partial charge in [-0.2, -0.15) is 0 Å². The Labute approximate surface area is 97.8 Å². The lowest BCUT2D eigenvalue weighted by molar-refractivity contribution is 0.177. The van der Waals surface area contributed by atoms with Crippen molar-refractivity contribution in [1.82, 2.24) is 0 Å². The van der Waals surface area contributed by atoms with Crippen molar-refractivity contribution in [2.45, 2.75) is 45.1 Å². The largest absolute Gasteiger partial charge is 0.388 e. The molecule has 1 heteroatoms. The summed E-state index contributed by atoms with van der Waals surface area (Å²) in [5, 5.41) is 10.1. The number of hydrogen-bond donors (Lipinski definition) is 1. The summed E-state index contributed by atoms with van der Waals surface area (Å²) >= 11 is 0. The SMILES string of the molecule is C=C(CC)CC(O)c1ccc2c(c1)CCC2. The van der Waals surface area contributed by atoms with Crippen LogP contribution in [0.3, 0.4) is 0 Å². The Morgan fingerprint density at radius 1 is 1.38 bits per heavy atom. The van der Waals surface area contributed by atoms with E-state index in [2.05, 4.69) is 31.7 Å². The molecule has 1 aromatic rings. The molecule has 0 bridgehead atoms. The van der Waals surface area contributed by atoms with E-state index in [0.717, 1.165) is 17.6 Å². The summed E-state index contributed by atoms with van der Waals surface area (Å²) in [5.41, 5.74) is 5.06. The summed E-state index contributed by atoms with van der Waals surface area (Å²) in [5.74, 6) is 0. The molecule has 1 aliphatic carbocycles. The molecule has 0 saturated heterocycles. The molecule has 0 radical (unpaired) electrons. The van der Waals surface area contributed by atoms with Gasteiger partial charge in [-0.1, -0.05) is 37.3 Å². The van der Waals surface area contributed by atoms with Crippen LogP contribution in [0.2, 0.25) is 0 Å². The fourth-order valence-electron chi connectivity index (χ4n) is 2.33. The van der Waals surface area contributed by atoms with Crippen LogP contribution in [0.5, 0.6) is 0 Å². The van der Waals surface area contributed by atoms with Gasteiger partial charge in [-0.15, -0.1) is 0 Å². The number of fused-ring (bicyclic) bond motifs is 1. The fraction of sp³-hybridized carbons (Fsp3) is 0.467. The molecule has 0 aromatic heterocycles. The number of aryl methyl sites for hydroxylation is 2. The molecule has 1 N–H and O–H groups in total. The molecule has 0 fully saturated rings. The zero-order valence-electron chi connectivity index (χ0n) is 10.00. The number of aliphatic hydroxyl groups is 1. The van der Waals surface area contributed by atoms with Crippen molar-refractivity contribution in [2.24, 2.45) is 0 Å². The molecule has 1 unspecified atom stereocenters. The highest BCUT2D eigenvalue weighted by atomic mass is 16.3. The molecule has 0 spiro atoms. The average molecular weight is 216 g/mol. The smallest absolute Gasteiger partial charge is 0.0827 e. The van der Waals surface area contributed by atoms with E-state index in [0.29, 0.717) is 6.42 Å². The molecule has 16 heavy (non-hydrogen) atoms. The maximum atomic E-state index is 10.1. The summed E-state index contributed by atoms with van der Waals surface area (Å²) in [6.07, 6.45) is 4.89. The Morgan fingerprint density at radius 2 is 2.12 bits per heavy atom. The number of hydrogen-bond acceptors (Lipinski definition) is 1. The van der Waals surface area contributed by atoms with E-state index in [4.69, 9.17) is 0 Å². The first kappa shape index (κ1) is 11.4. The molecule has 0 aliphatic heterocycles. The van der Waals surface area contributed by atoms with Gasteiger partial charge >= 0.3 is 0 Å². The average Bonchev–Trinajstić information content (AvgIpc) is 2.75. The zero-order valence-corrected chi connectivity index (χ0v) is 10.00. The second-order valence-electron chi connectivity index (χ2n) is 4.71. The van der Waals surface area contributed by atoms with Gasteiger partial charge in [-0.3, -0.25) is 0 Å². The number of benzene rings is 1. The lowest BCUT2D eigenvalue weighted by Crippen LogP contribution is -1.99. The van der Waals surface area contributed by atoms with Crippen molar-refractivity contribution in [3.8, 4) is 0 Å². The summed E-state index contributed by atoms with van der Waals surface area (Å²) in [6, 6.07) is 6.42. The van der Waals surface area contributed by atoms with E-state index >= 15 is 0 Å². The third-order valence-electron chi connectivity index (χ3n) is 3.49. The summed E-state index contributed by atoms with van der Waals surface area (Å²) in [7, 11) is 0. The first-order valence-corrected chi connectivity index (χ1v) is 6.17. The van der Waals surface area contributed by atoms with Crippen LogP contribution in [0.15, 0.2) is 30.4 Å². The highest BCUT2D eigenvalue weighted by molar-refractivity contribution is 5.36. The van der Waals surface area contributed by atoms with Crippen LogP contribution >= 0.6 is 0 Å². The highest BCUT2D eigenvalue weighted by Crippen LogP contribution is 2.28. The lowest BCUT2D eigenvalue weighted by atomic mass is 9.98. The molecule has 0 amide bonds. The summed E-state index contributed by atoms with van der Waals surface area (Å²) in [6.45, 7) is 6.03. The predicted octanol–water partition coefficient (Wildman–Crippen LogP) is 3.57. The molecule has 0 heterocycles. The monoisotopic (exact) mass is 216 g/mol. The van der Waals surface area contributed by atoms with Crippen LogP contribution in [-0.2, 0) is 12.8 Å². The second-order valence-corrected chi connectivity index (χ2v) is 4.71. The van der Waals surface area contributed by atoms with E-state index in [1.54, 1.807) is 0 Å². The first-order chi connectivity index (χ1) is 7.70. The van der Waals surface area contributed by atoms with Crippen molar-refractivity contribution in [3.63, 3.8) is 0 Å². The van der Waals surface area contributed by atoms with Crippen LogP contribution in [0, 0.1) is 0 Å². The normalized spacial score (nSPS) is 15.9. The Balaban J connectivity index is 2.12. The van der Waals surface area contributed by atoms with Crippen molar-refractivity contribution >= 4 is 0 Å². The van der Waals surface area contributed by atoms with E-state index < -0.39 is 0 Å². The van der Waals surface area contributed by atoms with Crippen LogP contribution < -0.4 is 0 Å². The van der Waals surface area contributed by atoms with Crippen molar-refractivity contribution in [1.29, 1.82) is 0 Å². The van der Waals surface area contributed by atoms with Gasteiger partial charge in [0.15, 0.2) is 0 Å². The van der Waals surface area contributed by atoms with Gasteiger partial charge in [0.2, 0.25) is 0 Å². The van der Waals surface area contributed by atoms with Gasteiger partial charge in [-0.05, 0) is 48.8 Å². The minimum Gasteiger partial charge on any atom is -0.388 e. The molecule has 1 atom stereocenters. The van der Waals surface area contributed by atoms with E-state index in [9.17, 15) is 5.11 Å². The van der Waals surface area contributed by atoms with Crippen molar-refractivity contribution < 1.29 is 5.11 Å². The van der Waals surface area contributed by atoms with Gasteiger partial charge in [0.25, 0.3) is 0 Å². The lowest BCUT2D eigenvalue weighted by Gasteiger charge is -2.13. The van der Waals surface area contributed by atoms with Gasteiger partial charge in [-0.25, -0.2) is 0 Å². The maximum Gasteiger partial charge on any atom is 0.0827 e. The second kappa shape index (κ2) is 4.84. The van der Waals surface area contributed by atoms with Crippen LogP contribution in [-0.4, -0.2) is 5.11 Å². The Morgan fingerprint density at radius 3 is 2.88 bits per heavy atom. The fourth-order valence-corrected chi connectivity index (χ4v) is 2.33. The summed E-state index contributed by atoms with van der Waals surface area (Å²) < 4.78 is 0. The Bertz CT molecular complexity index is 392. The third kappa shape index (κ3) is 2.35. The van der Waals surface area contributed by atoms with Crippen LogP contribution in [0.25, 0.3) is 0 Å². The molecule has 0 saturated carbocycles. The minimum atomic E-state index is -0.377. The summed E-state index contributed by atoms with van der Waals surface area (Å²) in [4.78, 5) is 0. The molecule has 1 aromatic carbocycles. The third-order valence-corrected chi connectivity index (χ3v) is 3.49. The molecule has 1 aliphatic rings. The first-order valence-electron chi connectivity index (χ1n) is 6.17. The zero-order chi connectivity index (χ0) is 11.5. The van der Waals surface area contributed by atoms with Gasteiger partial charge in [0, 0.05) is 0 Å². The van der Waals surface area contributed by atoms with E-state index in [1.165, 1.54) is 30.4 Å². The van der Waals surface area contributed by atoms with Gasteiger partial charge in [0.1, 0.15) is 0 Å². The quantitative estimate of drug-likeness (QED) is 0.763. The van der Waals surface area contributed by atoms with Crippen LogP contribution in [0.1, 0.15) is 49.0 Å². The van der Waals surface area contributed by atoms with Crippen LogP contribution in [0.4, 0.5) is 0 Å². The number of aliphatic hydroxyl groups excluding tert-OH is 1. The maximum absolute atomic E-state index is 10.1. The predicted molar refractivity (Wildman–Crippen MR) is 67.5 cm³/mol. The van der Waals surface area contributed by atoms with Gasteiger partial charge < -0.3 is 5.11 Å². The molecular weight excluding hydrogens is 196 g/mol. The molecule has 86 valence electrons. The van der Waals surface area contributed by atoms with Crippen molar-refractivity contribution in [3.05, 3.63) is 47.0 Å². The molecule has 1 nitrogen and oxygen atoms in total. The minimum absolute atomic E-state index is 0.377. The Hall–Kier alpha value is -1.08.